The summed E-state index contributed by atoms with van der Waals surface area (Å²) in [5.74, 6) is 0.738. The van der Waals surface area contributed by atoms with Gasteiger partial charge in [-0.25, -0.2) is 0 Å². The van der Waals surface area contributed by atoms with Crippen LogP contribution in [0.4, 0.5) is 0 Å². The monoisotopic (exact) mass is 408 g/mol. The zero-order valence-corrected chi connectivity index (χ0v) is 17.0. The van der Waals surface area contributed by atoms with Crippen molar-refractivity contribution in [2.75, 3.05) is 20.1 Å². The van der Waals surface area contributed by atoms with E-state index in [4.69, 9.17) is 23.2 Å². The number of piperidine rings is 1. The molecule has 3 rings (SSSR count). The maximum absolute atomic E-state index is 12.5. The van der Waals surface area contributed by atoms with E-state index in [1.54, 1.807) is 23.9 Å². The van der Waals surface area contributed by atoms with Gasteiger partial charge in [0.05, 0.1) is 5.02 Å². The van der Waals surface area contributed by atoms with E-state index in [2.05, 4.69) is 17.3 Å². The first-order valence-electron chi connectivity index (χ1n) is 8.67. The highest BCUT2D eigenvalue weighted by molar-refractivity contribution is 7.98. The van der Waals surface area contributed by atoms with Crippen molar-refractivity contribution in [3.8, 4) is 0 Å². The van der Waals surface area contributed by atoms with Crippen molar-refractivity contribution in [1.82, 2.24) is 10.2 Å². The molecule has 0 aliphatic carbocycles. The molecule has 1 N–H and O–H groups in total. The van der Waals surface area contributed by atoms with Crippen molar-refractivity contribution in [3.63, 3.8) is 0 Å². The molecule has 1 heterocycles. The number of amides is 1. The van der Waals surface area contributed by atoms with Crippen LogP contribution in [0.1, 0.15) is 28.8 Å². The van der Waals surface area contributed by atoms with Crippen molar-refractivity contribution in [1.29, 1.82) is 0 Å². The van der Waals surface area contributed by atoms with Crippen LogP contribution in [0.25, 0.3) is 0 Å². The predicted molar refractivity (Wildman–Crippen MR) is 110 cm³/mol. The average Bonchev–Trinajstić information content (AvgIpc) is 2.64. The zero-order chi connectivity index (χ0) is 18.5. The predicted octanol–water partition coefficient (Wildman–Crippen LogP) is 5.11. The second-order valence-corrected chi connectivity index (χ2v) is 8.48. The summed E-state index contributed by atoms with van der Waals surface area (Å²) in [6.07, 6.45) is 2.01. The Balaban J connectivity index is 1.60. The largest absolute Gasteiger partial charge is 0.349 e. The molecular formula is C20H22Cl2N2OS. The van der Waals surface area contributed by atoms with Crippen molar-refractivity contribution < 1.29 is 4.79 Å². The highest BCUT2D eigenvalue weighted by atomic mass is 35.5. The van der Waals surface area contributed by atoms with E-state index < -0.39 is 0 Å². The minimum absolute atomic E-state index is 0.00666. The Kier molecular flexibility index (Phi) is 6.87. The Hall–Kier alpha value is -1.20. The lowest BCUT2D eigenvalue weighted by molar-refractivity contribution is 0.0917. The first-order chi connectivity index (χ1) is 12.5. The third kappa shape index (κ3) is 5.40. The van der Waals surface area contributed by atoms with Crippen LogP contribution < -0.4 is 5.32 Å². The van der Waals surface area contributed by atoms with Crippen LogP contribution in [0.5, 0.6) is 0 Å². The number of hydrogen-bond donors (Lipinski definition) is 1. The number of carbonyl (C=O) groups excluding carboxylic acids is 1. The molecule has 3 nitrogen and oxygen atoms in total. The second kappa shape index (κ2) is 9.14. The van der Waals surface area contributed by atoms with Crippen molar-refractivity contribution in [3.05, 3.63) is 63.6 Å². The lowest BCUT2D eigenvalue weighted by Gasteiger charge is -2.29. The molecule has 0 spiro atoms. The van der Waals surface area contributed by atoms with Gasteiger partial charge in [0.1, 0.15) is 0 Å². The Bertz CT molecular complexity index is 776. The van der Waals surface area contributed by atoms with Gasteiger partial charge in [-0.05, 0) is 68.9 Å². The molecule has 0 atom stereocenters. The standard InChI is InChI=1S/C20H22Cl2N2OS/c1-24-9-7-17(8-10-24)23-20(25)15-4-2-3-14(11-15)13-26-19-12-16(21)5-6-18(19)22/h2-6,11-12,17H,7-10,13H2,1H3,(H,23,25). The van der Waals surface area contributed by atoms with Crippen LogP contribution in [0.2, 0.25) is 10.0 Å². The minimum Gasteiger partial charge on any atom is -0.349 e. The van der Waals surface area contributed by atoms with Gasteiger partial charge in [-0.15, -0.1) is 11.8 Å². The van der Waals surface area contributed by atoms with Crippen molar-refractivity contribution >= 4 is 40.9 Å². The van der Waals surface area contributed by atoms with Crippen LogP contribution in [-0.2, 0) is 5.75 Å². The summed E-state index contributed by atoms with van der Waals surface area (Å²) in [5, 5.41) is 4.52. The van der Waals surface area contributed by atoms with E-state index in [9.17, 15) is 4.79 Å². The lowest BCUT2D eigenvalue weighted by Crippen LogP contribution is -2.43. The molecule has 26 heavy (non-hydrogen) atoms. The lowest BCUT2D eigenvalue weighted by atomic mass is 10.0. The Morgan fingerprint density at radius 2 is 1.96 bits per heavy atom. The first-order valence-corrected chi connectivity index (χ1v) is 10.4. The van der Waals surface area contributed by atoms with Crippen LogP contribution in [-0.4, -0.2) is 37.0 Å². The summed E-state index contributed by atoms with van der Waals surface area (Å²) >= 11 is 13.9. The maximum Gasteiger partial charge on any atom is 0.251 e. The van der Waals surface area contributed by atoms with E-state index in [0.29, 0.717) is 15.6 Å². The molecule has 1 fully saturated rings. The molecular weight excluding hydrogens is 387 g/mol. The topological polar surface area (TPSA) is 32.3 Å². The number of nitrogens with one attached hydrogen (secondary N) is 1. The van der Waals surface area contributed by atoms with Crippen molar-refractivity contribution in [2.24, 2.45) is 0 Å². The molecule has 1 aliphatic heterocycles. The zero-order valence-electron chi connectivity index (χ0n) is 14.7. The Morgan fingerprint density at radius 3 is 2.73 bits per heavy atom. The van der Waals surface area contributed by atoms with Crippen molar-refractivity contribution in [2.45, 2.75) is 29.5 Å². The van der Waals surface area contributed by atoms with Crippen LogP contribution >= 0.6 is 35.0 Å². The van der Waals surface area contributed by atoms with E-state index in [-0.39, 0.29) is 11.9 Å². The molecule has 0 bridgehead atoms. The first kappa shape index (κ1) is 19.6. The fraction of sp³-hybridized carbons (Fsp3) is 0.350. The smallest absolute Gasteiger partial charge is 0.251 e. The van der Waals surface area contributed by atoms with Crippen LogP contribution in [0.15, 0.2) is 47.4 Å². The van der Waals surface area contributed by atoms with Gasteiger partial charge in [-0.2, -0.15) is 0 Å². The number of carbonyl (C=O) groups is 1. The van der Waals surface area contributed by atoms with Gasteiger partial charge in [0.25, 0.3) is 5.91 Å². The number of halogens is 2. The fourth-order valence-corrected chi connectivity index (χ4v) is 4.41. The molecule has 1 aliphatic rings. The third-order valence-electron chi connectivity index (χ3n) is 4.53. The molecule has 138 valence electrons. The molecule has 1 saturated heterocycles. The molecule has 0 saturated carbocycles. The van der Waals surface area contributed by atoms with E-state index in [0.717, 1.165) is 42.1 Å². The summed E-state index contributed by atoms with van der Waals surface area (Å²) in [6.45, 7) is 2.06. The van der Waals surface area contributed by atoms with Gasteiger partial charge in [-0.1, -0.05) is 35.3 Å². The number of thioether (sulfide) groups is 1. The molecule has 1 amide bonds. The van der Waals surface area contributed by atoms with Gasteiger partial charge >= 0.3 is 0 Å². The Labute approximate surface area is 169 Å². The summed E-state index contributed by atoms with van der Waals surface area (Å²) in [7, 11) is 2.12. The number of rotatable bonds is 5. The Morgan fingerprint density at radius 1 is 1.19 bits per heavy atom. The quantitative estimate of drug-likeness (QED) is 0.697. The average molecular weight is 409 g/mol. The van der Waals surface area contributed by atoms with E-state index in [1.165, 1.54) is 0 Å². The van der Waals surface area contributed by atoms with E-state index >= 15 is 0 Å². The maximum atomic E-state index is 12.5. The highest BCUT2D eigenvalue weighted by Gasteiger charge is 2.19. The molecule has 0 radical (unpaired) electrons. The molecule has 6 heteroatoms. The number of benzene rings is 2. The molecule has 2 aromatic carbocycles. The van der Waals surface area contributed by atoms with Gasteiger partial charge in [0.15, 0.2) is 0 Å². The normalized spacial score (nSPS) is 15.8. The second-order valence-electron chi connectivity index (χ2n) is 6.61. The van der Waals surface area contributed by atoms with Crippen LogP contribution in [0.3, 0.4) is 0 Å². The summed E-state index contributed by atoms with van der Waals surface area (Å²) in [6, 6.07) is 13.5. The van der Waals surface area contributed by atoms with Gasteiger partial charge < -0.3 is 10.2 Å². The highest BCUT2D eigenvalue weighted by Crippen LogP contribution is 2.32. The van der Waals surface area contributed by atoms with Crippen LogP contribution in [0, 0.1) is 0 Å². The number of likely N-dealkylation sites (tertiary alicyclic amines) is 1. The SMILES string of the molecule is CN1CCC(NC(=O)c2cccc(CSc3cc(Cl)ccc3Cl)c2)CC1. The third-order valence-corrected chi connectivity index (χ3v) is 6.33. The number of nitrogens with zero attached hydrogens (tertiary/aromatic N) is 1. The van der Waals surface area contributed by atoms with Gasteiger partial charge in [0, 0.05) is 27.3 Å². The minimum atomic E-state index is 0.00666. The summed E-state index contributed by atoms with van der Waals surface area (Å²) in [5.41, 5.74) is 1.79. The number of hydrogen-bond acceptors (Lipinski definition) is 3. The van der Waals surface area contributed by atoms with Gasteiger partial charge in [-0.3, -0.25) is 4.79 Å². The van der Waals surface area contributed by atoms with E-state index in [1.807, 2.05) is 30.3 Å². The molecule has 0 unspecified atom stereocenters. The summed E-state index contributed by atoms with van der Waals surface area (Å²) in [4.78, 5) is 15.8. The molecule has 2 aromatic rings. The molecule has 0 aromatic heterocycles. The van der Waals surface area contributed by atoms with Gasteiger partial charge in [0.2, 0.25) is 0 Å². The summed E-state index contributed by atoms with van der Waals surface area (Å²) < 4.78 is 0. The fourth-order valence-electron chi connectivity index (χ4n) is 2.97.